The third-order valence-electron chi connectivity index (χ3n) is 2.59. The van der Waals surface area contributed by atoms with E-state index in [1.54, 1.807) is 30.3 Å². The van der Waals surface area contributed by atoms with Crippen LogP contribution < -0.4 is 5.32 Å². The van der Waals surface area contributed by atoms with Crippen molar-refractivity contribution in [2.75, 3.05) is 5.32 Å². The van der Waals surface area contributed by atoms with Gasteiger partial charge in [-0.1, -0.05) is 6.07 Å². The predicted octanol–water partition coefficient (Wildman–Crippen LogP) is 1.56. The molecule has 0 aliphatic heterocycles. The average Bonchev–Trinajstić information content (AvgIpc) is 2.93. The van der Waals surface area contributed by atoms with Crippen LogP contribution in [-0.2, 0) is 16.0 Å². The lowest BCUT2D eigenvalue weighted by Crippen LogP contribution is -2.29. The van der Waals surface area contributed by atoms with Crippen LogP contribution in [0.25, 0.3) is 0 Å². The largest absolute Gasteiger partial charge is 0.472 e. The van der Waals surface area contributed by atoms with Crippen molar-refractivity contribution in [3.8, 4) is 6.07 Å². The third kappa shape index (κ3) is 3.29. The van der Waals surface area contributed by atoms with Gasteiger partial charge in [0.25, 0.3) is 5.91 Å². The van der Waals surface area contributed by atoms with Crippen molar-refractivity contribution < 1.29 is 14.0 Å². The van der Waals surface area contributed by atoms with Gasteiger partial charge >= 0.3 is 0 Å². The molecule has 0 aliphatic rings. The van der Waals surface area contributed by atoms with Gasteiger partial charge in [-0.3, -0.25) is 9.59 Å². The molecule has 100 valence electrons. The number of ketones is 1. The fourth-order valence-corrected chi connectivity index (χ4v) is 1.61. The van der Waals surface area contributed by atoms with Gasteiger partial charge < -0.3 is 9.73 Å². The van der Waals surface area contributed by atoms with Crippen molar-refractivity contribution in [3.05, 3.63) is 48.6 Å². The maximum absolute atomic E-state index is 11.9. The molecule has 0 fully saturated rings. The van der Waals surface area contributed by atoms with E-state index in [1.807, 2.05) is 0 Å². The Balaban J connectivity index is 2.02. The molecule has 2 aromatic rings. The summed E-state index contributed by atoms with van der Waals surface area (Å²) in [5.74, 6) is -2.23. The zero-order valence-electron chi connectivity index (χ0n) is 10.4. The molecular formula is C14H11N3O3. The first-order chi connectivity index (χ1) is 9.70. The lowest BCUT2D eigenvalue weighted by Gasteiger charge is -2.08. The van der Waals surface area contributed by atoms with E-state index in [4.69, 9.17) is 9.68 Å². The molecule has 2 aromatic heterocycles. The number of furan rings is 1. The fraction of sp³-hybridized carbons (Fsp3) is 0.143. The molecular weight excluding hydrogens is 258 g/mol. The van der Waals surface area contributed by atoms with Crippen LogP contribution in [0.15, 0.2) is 47.4 Å². The summed E-state index contributed by atoms with van der Waals surface area (Å²) in [6.07, 6.45) is 4.32. The van der Waals surface area contributed by atoms with Gasteiger partial charge in [0.1, 0.15) is 5.82 Å². The second-order valence-corrected chi connectivity index (χ2v) is 4.04. The highest BCUT2D eigenvalue weighted by Crippen LogP contribution is 2.09. The molecule has 0 saturated carbocycles. The zero-order chi connectivity index (χ0) is 14.4. The maximum atomic E-state index is 11.9. The van der Waals surface area contributed by atoms with Gasteiger partial charge in [-0.05, 0) is 23.8 Å². The number of Topliss-reactive ketones (excluding diaryl/α,β-unsaturated/α-hetero) is 1. The SMILES string of the molecule is N#CC(C(=O)Cc1ccoc1)C(=O)Nc1ccccn1. The molecule has 6 heteroatoms. The van der Waals surface area contributed by atoms with Gasteiger partial charge in [-0.2, -0.15) is 5.26 Å². The van der Waals surface area contributed by atoms with Gasteiger partial charge in [-0.25, -0.2) is 4.98 Å². The molecule has 1 N–H and O–H groups in total. The van der Waals surface area contributed by atoms with E-state index in [0.29, 0.717) is 11.4 Å². The Morgan fingerprint density at radius 2 is 2.25 bits per heavy atom. The van der Waals surface area contributed by atoms with Crippen molar-refractivity contribution in [2.45, 2.75) is 6.42 Å². The van der Waals surface area contributed by atoms with Gasteiger partial charge in [0, 0.05) is 12.6 Å². The Bertz CT molecular complexity index is 629. The summed E-state index contributed by atoms with van der Waals surface area (Å²) in [5, 5.41) is 11.4. The van der Waals surface area contributed by atoms with Crippen LogP contribution in [0.5, 0.6) is 0 Å². The smallest absolute Gasteiger partial charge is 0.250 e. The fourth-order valence-electron chi connectivity index (χ4n) is 1.61. The normalized spacial score (nSPS) is 11.3. The van der Waals surface area contributed by atoms with E-state index in [9.17, 15) is 9.59 Å². The van der Waals surface area contributed by atoms with Crippen LogP contribution in [0.3, 0.4) is 0 Å². The highest BCUT2D eigenvalue weighted by atomic mass is 16.3. The van der Waals surface area contributed by atoms with E-state index in [-0.39, 0.29) is 6.42 Å². The van der Waals surface area contributed by atoms with Crippen molar-refractivity contribution in [1.82, 2.24) is 4.98 Å². The van der Waals surface area contributed by atoms with Crippen LogP contribution in [0, 0.1) is 17.2 Å². The topological polar surface area (TPSA) is 96.0 Å². The minimum atomic E-state index is -1.37. The predicted molar refractivity (Wildman–Crippen MR) is 69.4 cm³/mol. The molecule has 1 amide bonds. The molecule has 6 nitrogen and oxygen atoms in total. The standard InChI is InChI=1S/C14H11N3O3/c15-8-11(12(18)7-10-4-6-20-9-10)14(19)17-13-3-1-2-5-16-13/h1-6,9,11H,7H2,(H,16,17,19). The van der Waals surface area contributed by atoms with Crippen LogP contribution in [0.4, 0.5) is 5.82 Å². The summed E-state index contributed by atoms with van der Waals surface area (Å²) in [7, 11) is 0. The Labute approximate surface area is 115 Å². The number of rotatable bonds is 5. The Kier molecular flexibility index (Phi) is 4.24. The molecule has 1 atom stereocenters. The molecule has 0 radical (unpaired) electrons. The maximum Gasteiger partial charge on any atom is 0.250 e. The average molecular weight is 269 g/mol. The van der Waals surface area contributed by atoms with E-state index >= 15 is 0 Å². The summed E-state index contributed by atoms with van der Waals surface area (Å²) in [4.78, 5) is 27.7. The third-order valence-corrected chi connectivity index (χ3v) is 2.59. The number of hydrogen-bond acceptors (Lipinski definition) is 5. The van der Waals surface area contributed by atoms with E-state index in [0.717, 1.165) is 0 Å². The number of carbonyl (C=O) groups is 2. The molecule has 0 bridgehead atoms. The van der Waals surface area contributed by atoms with E-state index in [1.165, 1.54) is 18.7 Å². The lowest BCUT2D eigenvalue weighted by atomic mass is 9.99. The highest BCUT2D eigenvalue weighted by molar-refractivity contribution is 6.09. The number of hydrogen-bond donors (Lipinski definition) is 1. The number of carbonyl (C=O) groups excluding carboxylic acids is 2. The minimum absolute atomic E-state index is 0.0234. The van der Waals surface area contributed by atoms with Crippen LogP contribution in [0.1, 0.15) is 5.56 Å². The number of nitrogens with one attached hydrogen (secondary N) is 1. The molecule has 2 heterocycles. The quantitative estimate of drug-likeness (QED) is 0.831. The van der Waals surface area contributed by atoms with Crippen LogP contribution >= 0.6 is 0 Å². The summed E-state index contributed by atoms with van der Waals surface area (Å²) < 4.78 is 4.84. The number of amides is 1. The number of anilines is 1. The molecule has 0 aromatic carbocycles. The van der Waals surface area contributed by atoms with Crippen molar-refractivity contribution in [1.29, 1.82) is 5.26 Å². The summed E-state index contributed by atoms with van der Waals surface area (Å²) in [6.45, 7) is 0. The van der Waals surface area contributed by atoms with E-state index in [2.05, 4.69) is 10.3 Å². The number of nitriles is 1. The van der Waals surface area contributed by atoms with Crippen LogP contribution in [0.2, 0.25) is 0 Å². The number of pyridine rings is 1. The first-order valence-corrected chi connectivity index (χ1v) is 5.86. The Hall–Kier alpha value is -2.94. The lowest BCUT2D eigenvalue weighted by molar-refractivity contribution is -0.128. The van der Waals surface area contributed by atoms with E-state index < -0.39 is 17.6 Å². The van der Waals surface area contributed by atoms with Crippen molar-refractivity contribution >= 4 is 17.5 Å². The molecule has 0 saturated heterocycles. The first kappa shape index (κ1) is 13.5. The van der Waals surface area contributed by atoms with Gasteiger partial charge in [0.2, 0.25) is 0 Å². The molecule has 0 aliphatic carbocycles. The van der Waals surface area contributed by atoms with Crippen LogP contribution in [-0.4, -0.2) is 16.7 Å². The summed E-state index contributed by atoms with van der Waals surface area (Å²) >= 11 is 0. The first-order valence-electron chi connectivity index (χ1n) is 5.86. The molecule has 20 heavy (non-hydrogen) atoms. The second kappa shape index (κ2) is 6.29. The Morgan fingerprint density at radius 3 is 2.85 bits per heavy atom. The van der Waals surface area contributed by atoms with Crippen molar-refractivity contribution in [3.63, 3.8) is 0 Å². The number of nitrogens with zero attached hydrogens (tertiary/aromatic N) is 2. The second-order valence-electron chi connectivity index (χ2n) is 4.04. The zero-order valence-corrected chi connectivity index (χ0v) is 10.4. The Morgan fingerprint density at radius 1 is 1.40 bits per heavy atom. The molecule has 1 unspecified atom stereocenters. The number of aromatic nitrogens is 1. The molecule has 2 rings (SSSR count). The highest BCUT2D eigenvalue weighted by Gasteiger charge is 2.26. The monoisotopic (exact) mass is 269 g/mol. The van der Waals surface area contributed by atoms with Gasteiger partial charge in [-0.15, -0.1) is 0 Å². The van der Waals surface area contributed by atoms with Gasteiger partial charge in [0.15, 0.2) is 11.7 Å². The summed E-state index contributed by atoms with van der Waals surface area (Å²) in [5.41, 5.74) is 0.626. The minimum Gasteiger partial charge on any atom is -0.472 e. The summed E-state index contributed by atoms with van der Waals surface area (Å²) in [6, 6.07) is 8.29. The van der Waals surface area contributed by atoms with Crippen molar-refractivity contribution in [2.24, 2.45) is 5.92 Å². The van der Waals surface area contributed by atoms with Gasteiger partial charge in [0.05, 0.1) is 18.6 Å². The molecule has 0 spiro atoms.